The van der Waals surface area contributed by atoms with Crippen molar-refractivity contribution in [3.8, 4) is 0 Å². The molecule has 7 heteroatoms. The largest absolute Gasteiger partial charge is 0.466 e. The molecule has 19 heavy (non-hydrogen) atoms. The Morgan fingerprint density at radius 2 is 2.16 bits per heavy atom. The number of rotatable bonds is 8. The zero-order chi connectivity index (χ0) is 14.1. The van der Waals surface area contributed by atoms with Crippen molar-refractivity contribution in [1.82, 2.24) is 4.98 Å². The van der Waals surface area contributed by atoms with Gasteiger partial charge < -0.3 is 14.8 Å². The Kier molecular flexibility index (Phi) is 7.06. The molecular weight excluding hydrogens is 268 g/mol. The van der Waals surface area contributed by atoms with E-state index in [0.717, 1.165) is 0 Å². The molecule has 0 fully saturated rings. The predicted octanol–water partition coefficient (Wildman–Crippen LogP) is 1.61. The Bertz CT molecular complexity index is 420. The molecule has 0 aromatic carbocycles. The number of nitrogens with one attached hydrogen (secondary N) is 1. The first-order valence-corrected chi connectivity index (χ1v) is 7.01. The Balaban J connectivity index is 2.37. The topological polar surface area (TPSA) is 77.5 Å². The van der Waals surface area contributed by atoms with E-state index in [1.807, 2.05) is 6.92 Å². The van der Waals surface area contributed by atoms with Crippen molar-refractivity contribution < 1.29 is 19.1 Å². The molecule has 0 aliphatic carbocycles. The maximum absolute atomic E-state index is 11.5. The molecule has 0 spiro atoms. The Labute approximate surface area is 116 Å². The fraction of sp³-hybridized carbons (Fsp3) is 0.583. The van der Waals surface area contributed by atoms with Gasteiger partial charge in [-0.05, 0) is 13.8 Å². The average Bonchev–Trinajstić information content (AvgIpc) is 2.77. The van der Waals surface area contributed by atoms with E-state index in [1.54, 1.807) is 12.3 Å². The van der Waals surface area contributed by atoms with Crippen LogP contribution in [-0.2, 0) is 25.5 Å². The van der Waals surface area contributed by atoms with Crippen molar-refractivity contribution in [3.63, 3.8) is 0 Å². The van der Waals surface area contributed by atoms with E-state index in [0.29, 0.717) is 37.1 Å². The van der Waals surface area contributed by atoms with Crippen molar-refractivity contribution in [1.29, 1.82) is 0 Å². The van der Waals surface area contributed by atoms with Crippen LogP contribution in [0.15, 0.2) is 5.38 Å². The minimum Gasteiger partial charge on any atom is -0.466 e. The summed E-state index contributed by atoms with van der Waals surface area (Å²) in [6, 6.07) is 0. The molecule has 0 atom stereocenters. The van der Waals surface area contributed by atoms with Crippen LogP contribution in [0.2, 0.25) is 0 Å². The first-order valence-electron chi connectivity index (χ1n) is 6.13. The lowest BCUT2D eigenvalue weighted by Gasteiger charge is -2.01. The van der Waals surface area contributed by atoms with Gasteiger partial charge >= 0.3 is 5.97 Å². The highest BCUT2D eigenvalue weighted by molar-refractivity contribution is 7.13. The second-order valence-electron chi connectivity index (χ2n) is 3.62. The zero-order valence-corrected chi connectivity index (χ0v) is 11.9. The molecule has 0 aliphatic heterocycles. The van der Waals surface area contributed by atoms with Gasteiger partial charge in [-0.25, -0.2) is 4.98 Å². The van der Waals surface area contributed by atoms with E-state index in [2.05, 4.69) is 10.3 Å². The highest BCUT2D eigenvalue weighted by Gasteiger charge is 2.10. The number of anilines is 1. The Morgan fingerprint density at radius 1 is 1.37 bits per heavy atom. The van der Waals surface area contributed by atoms with Crippen LogP contribution in [0.1, 0.15) is 26.0 Å². The summed E-state index contributed by atoms with van der Waals surface area (Å²) >= 11 is 1.29. The van der Waals surface area contributed by atoms with Gasteiger partial charge in [0.25, 0.3) is 0 Å². The van der Waals surface area contributed by atoms with E-state index in [4.69, 9.17) is 9.47 Å². The number of aromatic nitrogens is 1. The summed E-state index contributed by atoms with van der Waals surface area (Å²) in [6.45, 7) is 4.96. The number of esters is 1. The summed E-state index contributed by atoms with van der Waals surface area (Å²) in [4.78, 5) is 26.9. The van der Waals surface area contributed by atoms with E-state index in [1.165, 1.54) is 11.3 Å². The number of ether oxygens (including phenoxy) is 2. The molecule has 1 aromatic rings. The number of hydrogen-bond donors (Lipinski definition) is 1. The molecule has 0 saturated heterocycles. The number of carbonyl (C=O) groups is 2. The quantitative estimate of drug-likeness (QED) is 0.580. The zero-order valence-electron chi connectivity index (χ0n) is 11.1. The monoisotopic (exact) mass is 286 g/mol. The molecule has 0 bridgehead atoms. The molecule has 106 valence electrons. The summed E-state index contributed by atoms with van der Waals surface area (Å²) in [6.07, 6.45) is 0.416. The van der Waals surface area contributed by atoms with Crippen LogP contribution in [0.5, 0.6) is 0 Å². The van der Waals surface area contributed by atoms with Crippen LogP contribution in [0.3, 0.4) is 0 Å². The van der Waals surface area contributed by atoms with Gasteiger partial charge in [-0.1, -0.05) is 0 Å². The van der Waals surface area contributed by atoms with E-state index in [-0.39, 0.29) is 18.3 Å². The lowest BCUT2D eigenvalue weighted by molar-refractivity contribution is -0.142. The number of hydrogen-bond acceptors (Lipinski definition) is 6. The highest BCUT2D eigenvalue weighted by Crippen LogP contribution is 2.16. The van der Waals surface area contributed by atoms with Crippen LogP contribution in [-0.4, -0.2) is 36.7 Å². The summed E-state index contributed by atoms with van der Waals surface area (Å²) < 4.78 is 9.91. The van der Waals surface area contributed by atoms with Crippen molar-refractivity contribution in [2.75, 3.05) is 25.1 Å². The molecule has 1 aromatic heterocycles. The van der Waals surface area contributed by atoms with Crippen LogP contribution in [0.4, 0.5) is 5.13 Å². The van der Waals surface area contributed by atoms with Crippen LogP contribution < -0.4 is 5.32 Å². The Hall–Kier alpha value is -1.47. The molecule has 1 heterocycles. The molecule has 1 rings (SSSR count). The molecule has 6 nitrogen and oxygen atoms in total. The molecule has 0 saturated carbocycles. The molecule has 0 radical (unpaired) electrons. The smallest absolute Gasteiger partial charge is 0.311 e. The number of nitrogens with zero attached hydrogens (tertiary/aromatic N) is 1. The standard InChI is InChI=1S/C12H18N2O4S/c1-3-17-6-5-10(15)14-12-13-9(8-19-12)7-11(16)18-4-2/h8H,3-7H2,1-2H3,(H,13,14,15). The first kappa shape index (κ1) is 15.6. The lowest BCUT2D eigenvalue weighted by atomic mass is 10.3. The van der Waals surface area contributed by atoms with Crippen LogP contribution >= 0.6 is 11.3 Å². The molecule has 1 N–H and O–H groups in total. The van der Waals surface area contributed by atoms with Crippen molar-refractivity contribution in [3.05, 3.63) is 11.1 Å². The minimum atomic E-state index is -0.318. The highest BCUT2D eigenvalue weighted by atomic mass is 32.1. The summed E-state index contributed by atoms with van der Waals surface area (Å²) in [5.41, 5.74) is 0.601. The second-order valence-corrected chi connectivity index (χ2v) is 4.48. The first-order chi connectivity index (χ1) is 9.15. The molecule has 0 aliphatic rings. The van der Waals surface area contributed by atoms with E-state index >= 15 is 0 Å². The van der Waals surface area contributed by atoms with Crippen LogP contribution in [0, 0.1) is 0 Å². The third-order valence-corrected chi connectivity index (χ3v) is 2.91. The summed E-state index contributed by atoms with van der Waals surface area (Å²) in [5.74, 6) is -0.465. The van der Waals surface area contributed by atoms with Crippen molar-refractivity contribution in [2.45, 2.75) is 26.7 Å². The van der Waals surface area contributed by atoms with Gasteiger partial charge in [-0.2, -0.15) is 0 Å². The number of thiazole rings is 1. The van der Waals surface area contributed by atoms with Crippen molar-refractivity contribution >= 4 is 28.3 Å². The lowest BCUT2D eigenvalue weighted by Crippen LogP contribution is -2.14. The van der Waals surface area contributed by atoms with Gasteiger partial charge in [0.2, 0.25) is 5.91 Å². The van der Waals surface area contributed by atoms with Gasteiger partial charge in [0.15, 0.2) is 5.13 Å². The SMILES string of the molecule is CCOCCC(=O)Nc1nc(CC(=O)OCC)cs1. The average molecular weight is 286 g/mol. The third-order valence-electron chi connectivity index (χ3n) is 2.11. The van der Waals surface area contributed by atoms with Crippen molar-refractivity contribution in [2.24, 2.45) is 0 Å². The van der Waals surface area contributed by atoms with E-state index in [9.17, 15) is 9.59 Å². The van der Waals surface area contributed by atoms with Gasteiger partial charge in [-0.3, -0.25) is 9.59 Å². The van der Waals surface area contributed by atoms with E-state index < -0.39 is 0 Å². The van der Waals surface area contributed by atoms with Crippen LogP contribution in [0.25, 0.3) is 0 Å². The Morgan fingerprint density at radius 3 is 2.84 bits per heavy atom. The maximum Gasteiger partial charge on any atom is 0.311 e. The molecular formula is C12H18N2O4S. The minimum absolute atomic E-state index is 0.124. The predicted molar refractivity (Wildman–Crippen MR) is 72.2 cm³/mol. The number of carbonyl (C=O) groups excluding carboxylic acids is 2. The van der Waals surface area contributed by atoms with Gasteiger partial charge in [0.1, 0.15) is 0 Å². The fourth-order valence-electron chi connectivity index (χ4n) is 1.30. The molecule has 0 unspecified atom stereocenters. The third kappa shape index (κ3) is 6.30. The normalized spacial score (nSPS) is 10.2. The van der Waals surface area contributed by atoms with Gasteiger partial charge in [-0.15, -0.1) is 11.3 Å². The summed E-state index contributed by atoms with van der Waals surface area (Å²) in [5, 5.41) is 4.88. The maximum atomic E-state index is 11.5. The fourth-order valence-corrected chi connectivity index (χ4v) is 2.02. The number of amides is 1. The van der Waals surface area contributed by atoms with Gasteiger partial charge in [0, 0.05) is 12.0 Å². The summed E-state index contributed by atoms with van der Waals surface area (Å²) in [7, 11) is 0. The molecule has 1 amide bonds. The van der Waals surface area contributed by atoms with Gasteiger partial charge in [0.05, 0.1) is 31.7 Å². The second kappa shape index (κ2) is 8.60.